The van der Waals surface area contributed by atoms with Gasteiger partial charge in [0.25, 0.3) is 5.56 Å². The van der Waals surface area contributed by atoms with Crippen LogP contribution in [0.5, 0.6) is 0 Å². The Labute approximate surface area is 203 Å². The third kappa shape index (κ3) is 4.47. The Morgan fingerprint density at radius 2 is 1.86 bits per heavy atom. The van der Waals surface area contributed by atoms with E-state index < -0.39 is 0 Å². The van der Waals surface area contributed by atoms with E-state index in [-0.39, 0.29) is 23.7 Å². The number of hydrogen-bond acceptors (Lipinski definition) is 6. The number of halogens is 1. The van der Waals surface area contributed by atoms with Crippen LogP contribution in [0, 0.1) is 19.7 Å². The molecule has 0 atom stereocenters. The number of fused-ring (bicyclic) bond motifs is 1. The summed E-state index contributed by atoms with van der Waals surface area (Å²) < 4.78 is 16.5. The molecule has 0 aliphatic rings. The van der Waals surface area contributed by atoms with Gasteiger partial charge in [0.2, 0.25) is 5.91 Å². The van der Waals surface area contributed by atoms with E-state index in [1.54, 1.807) is 47.6 Å². The average molecular weight is 489 g/mol. The van der Waals surface area contributed by atoms with Crippen molar-refractivity contribution in [3.05, 3.63) is 99.1 Å². The highest BCUT2D eigenvalue weighted by atomic mass is 32.1. The summed E-state index contributed by atoms with van der Waals surface area (Å²) in [7, 11) is 0. The Hall–Kier alpha value is -4.18. The molecule has 1 N–H and O–H groups in total. The van der Waals surface area contributed by atoms with E-state index in [1.807, 2.05) is 19.1 Å². The van der Waals surface area contributed by atoms with Crippen LogP contribution in [0.2, 0.25) is 0 Å². The number of rotatable bonds is 6. The van der Waals surface area contributed by atoms with E-state index in [1.165, 1.54) is 27.9 Å². The molecule has 10 heteroatoms. The van der Waals surface area contributed by atoms with Crippen LogP contribution in [-0.2, 0) is 17.8 Å². The molecule has 8 nitrogen and oxygen atoms in total. The van der Waals surface area contributed by atoms with Crippen molar-refractivity contribution in [2.24, 2.45) is 0 Å². The average Bonchev–Trinajstić information content (AvgIpc) is 3.42. The number of amides is 1. The van der Waals surface area contributed by atoms with Gasteiger partial charge in [-0.3, -0.25) is 19.0 Å². The first-order valence-electron chi connectivity index (χ1n) is 10.9. The first-order valence-corrected chi connectivity index (χ1v) is 11.8. The third-order valence-corrected chi connectivity index (χ3v) is 6.49. The van der Waals surface area contributed by atoms with E-state index in [9.17, 15) is 14.0 Å². The molecule has 0 fully saturated rings. The summed E-state index contributed by atoms with van der Waals surface area (Å²) in [6, 6.07) is 11.4. The quantitative estimate of drug-likeness (QED) is 0.394. The van der Waals surface area contributed by atoms with Crippen molar-refractivity contribution in [3.8, 4) is 16.9 Å². The lowest BCUT2D eigenvalue weighted by molar-refractivity contribution is -0.120. The van der Waals surface area contributed by atoms with Crippen molar-refractivity contribution in [3.63, 3.8) is 0 Å². The molecule has 1 aromatic carbocycles. The Balaban J connectivity index is 1.47. The SMILES string of the molecule is Cc1nc2scc(CC(=O)NCc3ccncc3)n2c(=O)c1-c1cc(C)n(-c2ccc(F)cc2)n1. The predicted octanol–water partition coefficient (Wildman–Crippen LogP) is 3.62. The second-order valence-corrected chi connectivity index (χ2v) is 8.93. The second-order valence-electron chi connectivity index (χ2n) is 8.09. The Morgan fingerprint density at radius 1 is 1.11 bits per heavy atom. The fourth-order valence-electron chi connectivity index (χ4n) is 3.89. The van der Waals surface area contributed by atoms with Gasteiger partial charge in [-0.1, -0.05) is 0 Å². The van der Waals surface area contributed by atoms with Crippen LogP contribution in [0.25, 0.3) is 21.9 Å². The summed E-state index contributed by atoms with van der Waals surface area (Å²) in [6.45, 7) is 4.01. The molecule has 0 unspecified atom stereocenters. The minimum absolute atomic E-state index is 0.0399. The van der Waals surface area contributed by atoms with E-state index >= 15 is 0 Å². The summed E-state index contributed by atoms with van der Waals surface area (Å²) in [4.78, 5) is 35.3. The summed E-state index contributed by atoms with van der Waals surface area (Å²) in [6.07, 6.45) is 3.38. The summed E-state index contributed by atoms with van der Waals surface area (Å²) >= 11 is 1.31. The van der Waals surface area contributed by atoms with Crippen LogP contribution >= 0.6 is 11.3 Å². The number of aryl methyl sites for hydroxylation is 2. The van der Waals surface area contributed by atoms with Gasteiger partial charge in [0, 0.05) is 35.7 Å². The predicted molar refractivity (Wildman–Crippen MR) is 131 cm³/mol. The molecule has 176 valence electrons. The highest BCUT2D eigenvalue weighted by Crippen LogP contribution is 2.23. The molecule has 0 radical (unpaired) electrons. The molecule has 0 aliphatic carbocycles. The zero-order valence-electron chi connectivity index (χ0n) is 19.0. The van der Waals surface area contributed by atoms with Crippen LogP contribution in [-0.4, -0.2) is 30.1 Å². The summed E-state index contributed by atoms with van der Waals surface area (Å²) in [5.41, 5.74) is 4.07. The lowest BCUT2D eigenvalue weighted by atomic mass is 10.1. The van der Waals surface area contributed by atoms with Crippen LogP contribution in [0.15, 0.2) is 65.0 Å². The molecule has 0 saturated heterocycles. The van der Waals surface area contributed by atoms with Gasteiger partial charge < -0.3 is 5.32 Å². The zero-order chi connectivity index (χ0) is 24.5. The van der Waals surface area contributed by atoms with Gasteiger partial charge >= 0.3 is 0 Å². The number of nitrogens with one attached hydrogen (secondary N) is 1. The largest absolute Gasteiger partial charge is 0.352 e. The molecular formula is C25H21FN6O2S. The van der Waals surface area contributed by atoms with Gasteiger partial charge in [0.15, 0.2) is 4.96 Å². The highest BCUT2D eigenvalue weighted by molar-refractivity contribution is 7.15. The van der Waals surface area contributed by atoms with Crippen molar-refractivity contribution in [2.75, 3.05) is 0 Å². The Kier molecular flexibility index (Phi) is 5.96. The van der Waals surface area contributed by atoms with Gasteiger partial charge in [0.05, 0.1) is 23.4 Å². The number of carbonyl (C=O) groups excluding carboxylic acids is 1. The first kappa shape index (κ1) is 22.6. The molecule has 0 bridgehead atoms. The van der Waals surface area contributed by atoms with Crippen molar-refractivity contribution >= 4 is 22.2 Å². The number of carbonyl (C=O) groups is 1. The number of pyridine rings is 1. The maximum Gasteiger partial charge on any atom is 0.268 e. The number of hydrogen-bond donors (Lipinski definition) is 1. The smallest absolute Gasteiger partial charge is 0.268 e. The van der Waals surface area contributed by atoms with Gasteiger partial charge in [-0.25, -0.2) is 14.1 Å². The van der Waals surface area contributed by atoms with Crippen molar-refractivity contribution in [1.29, 1.82) is 0 Å². The minimum atomic E-state index is -0.336. The number of aromatic nitrogens is 5. The number of thiazole rings is 1. The van der Waals surface area contributed by atoms with Crippen LogP contribution in [0.1, 0.15) is 22.6 Å². The maximum absolute atomic E-state index is 13.6. The highest BCUT2D eigenvalue weighted by Gasteiger charge is 2.20. The molecule has 5 rings (SSSR count). The number of benzene rings is 1. The summed E-state index contributed by atoms with van der Waals surface area (Å²) in [5, 5.41) is 9.26. The van der Waals surface area contributed by atoms with Crippen LogP contribution < -0.4 is 10.9 Å². The first-order chi connectivity index (χ1) is 16.9. The van der Waals surface area contributed by atoms with Gasteiger partial charge in [0.1, 0.15) is 11.5 Å². The monoisotopic (exact) mass is 488 g/mol. The van der Waals surface area contributed by atoms with Crippen molar-refractivity contribution < 1.29 is 9.18 Å². The number of nitrogens with zero attached hydrogens (tertiary/aromatic N) is 5. The van der Waals surface area contributed by atoms with Crippen LogP contribution in [0.4, 0.5) is 4.39 Å². The molecule has 4 aromatic heterocycles. The fourth-order valence-corrected chi connectivity index (χ4v) is 4.82. The van der Waals surface area contributed by atoms with E-state index in [2.05, 4.69) is 20.4 Å². The lowest BCUT2D eigenvalue weighted by Crippen LogP contribution is -2.27. The Bertz CT molecular complexity index is 1590. The molecule has 1 amide bonds. The molecule has 0 saturated carbocycles. The summed E-state index contributed by atoms with van der Waals surface area (Å²) in [5.74, 6) is -0.538. The molecule has 4 heterocycles. The van der Waals surface area contributed by atoms with Gasteiger partial charge in [-0.05, 0) is 61.9 Å². The van der Waals surface area contributed by atoms with Crippen molar-refractivity contribution in [2.45, 2.75) is 26.8 Å². The molecule has 0 aliphatic heterocycles. The fraction of sp³-hybridized carbons (Fsp3) is 0.160. The van der Waals surface area contributed by atoms with E-state index in [4.69, 9.17) is 0 Å². The molecular weight excluding hydrogens is 467 g/mol. The Morgan fingerprint density at radius 3 is 2.60 bits per heavy atom. The van der Waals surface area contributed by atoms with Gasteiger partial charge in [-0.2, -0.15) is 5.10 Å². The molecule has 35 heavy (non-hydrogen) atoms. The third-order valence-electron chi connectivity index (χ3n) is 5.62. The van der Waals surface area contributed by atoms with E-state index in [0.29, 0.717) is 39.8 Å². The zero-order valence-corrected chi connectivity index (χ0v) is 19.8. The normalized spacial score (nSPS) is 11.2. The van der Waals surface area contributed by atoms with Crippen molar-refractivity contribution in [1.82, 2.24) is 29.5 Å². The second kappa shape index (κ2) is 9.22. The van der Waals surface area contributed by atoms with Crippen LogP contribution in [0.3, 0.4) is 0 Å². The molecule has 0 spiro atoms. The molecule has 5 aromatic rings. The van der Waals surface area contributed by atoms with E-state index in [0.717, 1.165) is 11.3 Å². The standard InChI is InChI=1S/C25H21FN6O2S/c1-15-11-21(30-32(15)19-5-3-18(26)4-6-19)23-16(2)29-25-31(24(23)34)20(14-35-25)12-22(33)28-13-17-7-9-27-10-8-17/h3-11,14H,12-13H2,1-2H3,(H,28,33). The minimum Gasteiger partial charge on any atom is -0.352 e. The van der Waals surface area contributed by atoms with Gasteiger partial charge in [-0.15, -0.1) is 11.3 Å². The maximum atomic E-state index is 13.6. The lowest BCUT2D eigenvalue weighted by Gasteiger charge is -2.07. The topological polar surface area (TPSA) is 94.2 Å².